The predicted molar refractivity (Wildman–Crippen MR) is 276 cm³/mol. The van der Waals surface area contributed by atoms with Crippen molar-refractivity contribution in [1.29, 1.82) is 0 Å². The summed E-state index contributed by atoms with van der Waals surface area (Å²) in [6, 6.07) is -0.897. The van der Waals surface area contributed by atoms with E-state index in [0.29, 0.717) is 23.9 Å². The molecule has 8 nitrogen and oxygen atoms in total. The highest BCUT2D eigenvalue weighted by Crippen LogP contribution is 2.43. The number of hydrogen-bond donors (Lipinski definition) is 3. The molecule has 0 rings (SSSR count). The average molecular weight is 910 g/mol. The van der Waals surface area contributed by atoms with Crippen LogP contribution >= 0.6 is 7.82 Å². The molecule has 3 atom stereocenters. The first-order valence-electron chi connectivity index (χ1n) is 24.9. The number of hydrogen-bond acceptors (Lipinski definition) is 5. The Hall–Kier alpha value is -3.10. The molecule has 0 heterocycles. The number of aliphatic hydroxyl groups excluding tert-OH is 1. The second kappa shape index (κ2) is 45.1. The maximum Gasteiger partial charge on any atom is 0.472 e. The third kappa shape index (κ3) is 46.9. The summed E-state index contributed by atoms with van der Waals surface area (Å²) >= 11 is 0. The molecule has 0 aromatic carbocycles. The Morgan fingerprint density at radius 1 is 0.547 bits per heavy atom. The Kier molecular flexibility index (Phi) is 42.9. The van der Waals surface area contributed by atoms with E-state index in [2.05, 4.69) is 129 Å². The normalized spacial score (nSPS) is 15.2. The number of carbonyl (C=O) groups excluding carboxylic acids is 1. The van der Waals surface area contributed by atoms with Crippen molar-refractivity contribution in [2.24, 2.45) is 0 Å². The zero-order valence-electron chi connectivity index (χ0n) is 41.2. The minimum atomic E-state index is -4.37. The van der Waals surface area contributed by atoms with E-state index >= 15 is 0 Å². The SMILES string of the molecule is CC/C=C\C/C=C\C/C=C\C/C=C\C/C=C\C/C=C\C/C=C\CCCCCC(=O)NC(COP(=O)(O)OCC[N+](C)(C)C)C(O)/C=C/CC/C=C/CC/C=C/CCCCCCCCC. The number of nitrogens with zero attached hydrogens (tertiary/aromatic N) is 1. The number of aliphatic hydroxyl groups is 1. The third-order valence-corrected chi connectivity index (χ3v) is 11.1. The lowest BCUT2D eigenvalue weighted by Crippen LogP contribution is -2.45. The fourth-order valence-electron chi connectivity index (χ4n) is 6.23. The van der Waals surface area contributed by atoms with Gasteiger partial charge in [0.25, 0.3) is 0 Å². The molecule has 0 aliphatic carbocycles. The van der Waals surface area contributed by atoms with Crippen molar-refractivity contribution in [2.75, 3.05) is 40.9 Å². The van der Waals surface area contributed by atoms with Crippen LogP contribution < -0.4 is 5.32 Å². The molecular weight excluding hydrogens is 816 g/mol. The number of carbonyl (C=O) groups is 1. The summed E-state index contributed by atoms with van der Waals surface area (Å²) < 4.78 is 23.6. The zero-order chi connectivity index (χ0) is 47.1. The van der Waals surface area contributed by atoms with E-state index in [9.17, 15) is 19.4 Å². The lowest BCUT2D eigenvalue weighted by atomic mass is 10.1. The lowest BCUT2D eigenvalue weighted by molar-refractivity contribution is -0.870. The minimum Gasteiger partial charge on any atom is -0.387 e. The number of rotatable bonds is 43. The topological polar surface area (TPSA) is 105 Å². The lowest BCUT2D eigenvalue weighted by Gasteiger charge is -2.25. The first kappa shape index (κ1) is 60.9. The van der Waals surface area contributed by atoms with E-state index in [-0.39, 0.29) is 19.1 Å². The summed E-state index contributed by atoms with van der Waals surface area (Å²) in [6.07, 6.45) is 67.1. The fourth-order valence-corrected chi connectivity index (χ4v) is 6.96. The molecule has 0 saturated heterocycles. The maximum atomic E-state index is 12.9. The molecule has 0 aromatic rings. The fraction of sp³-hybridized carbons (Fsp3) is 0.618. The van der Waals surface area contributed by atoms with Gasteiger partial charge in [0.2, 0.25) is 5.91 Å². The van der Waals surface area contributed by atoms with E-state index in [1.807, 2.05) is 27.2 Å². The van der Waals surface area contributed by atoms with E-state index in [1.54, 1.807) is 6.08 Å². The van der Waals surface area contributed by atoms with Crippen LogP contribution in [0.3, 0.4) is 0 Å². The molecule has 0 aromatic heterocycles. The van der Waals surface area contributed by atoms with Gasteiger partial charge < -0.3 is 19.8 Å². The summed E-state index contributed by atoms with van der Waals surface area (Å²) in [5.41, 5.74) is 0. The number of nitrogens with one attached hydrogen (secondary N) is 1. The third-order valence-electron chi connectivity index (χ3n) is 10.1. The first-order valence-corrected chi connectivity index (χ1v) is 26.4. The van der Waals surface area contributed by atoms with Crippen LogP contribution in [0.5, 0.6) is 0 Å². The number of likely N-dealkylation sites (N-methyl/N-ethyl adjacent to an activating group) is 1. The first-order chi connectivity index (χ1) is 31.0. The highest BCUT2D eigenvalue weighted by atomic mass is 31.2. The molecule has 0 fully saturated rings. The van der Waals surface area contributed by atoms with Crippen LogP contribution in [0.1, 0.15) is 168 Å². The van der Waals surface area contributed by atoms with Gasteiger partial charge in [0.05, 0.1) is 39.9 Å². The van der Waals surface area contributed by atoms with Gasteiger partial charge in [0.15, 0.2) is 0 Å². The number of unbranched alkanes of at least 4 members (excludes halogenated alkanes) is 12. The van der Waals surface area contributed by atoms with Crippen LogP contribution in [0.15, 0.2) is 122 Å². The van der Waals surface area contributed by atoms with Crippen molar-refractivity contribution in [3.8, 4) is 0 Å². The van der Waals surface area contributed by atoms with Crippen molar-refractivity contribution < 1.29 is 32.9 Å². The van der Waals surface area contributed by atoms with Crippen LogP contribution in [0.25, 0.3) is 0 Å². The van der Waals surface area contributed by atoms with Crippen LogP contribution in [0, 0.1) is 0 Å². The Balaban J connectivity index is 4.51. The Morgan fingerprint density at radius 2 is 0.953 bits per heavy atom. The number of phosphoric acid groups is 1. The molecule has 0 spiro atoms. The Morgan fingerprint density at radius 3 is 1.44 bits per heavy atom. The Bertz CT molecular complexity index is 1450. The van der Waals surface area contributed by atoms with E-state index in [4.69, 9.17) is 9.05 Å². The van der Waals surface area contributed by atoms with E-state index in [0.717, 1.165) is 89.9 Å². The van der Waals surface area contributed by atoms with Gasteiger partial charge >= 0.3 is 7.82 Å². The highest BCUT2D eigenvalue weighted by molar-refractivity contribution is 7.47. The molecule has 364 valence electrons. The average Bonchev–Trinajstić information content (AvgIpc) is 3.25. The summed E-state index contributed by atoms with van der Waals surface area (Å²) in [4.78, 5) is 23.2. The second-order valence-corrected chi connectivity index (χ2v) is 18.9. The van der Waals surface area contributed by atoms with Gasteiger partial charge in [-0.3, -0.25) is 13.8 Å². The van der Waals surface area contributed by atoms with Crippen molar-refractivity contribution in [2.45, 2.75) is 180 Å². The van der Waals surface area contributed by atoms with Crippen LogP contribution in [-0.2, 0) is 18.4 Å². The molecule has 3 unspecified atom stereocenters. The summed E-state index contributed by atoms with van der Waals surface area (Å²) in [5.74, 6) is -0.229. The maximum absolute atomic E-state index is 12.9. The van der Waals surface area contributed by atoms with E-state index in [1.165, 1.54) is 51.4 Å². The molecule has 3 N–H and O–H groups in total. The summed E-state index contributed by atoms with van der Waals surface area (Å²) in [5, 5.41) is 13.8. The van der Waals surface area contributed by atoms with Gasteiger partial charge in [-0.15, -0.1) is 0 Å². The second-order valence-electron chi connectivity index (χ2n) is 17.4. The van der Waals surface area contributed by atoms with Crippen molar-refractivity contribution in [1.82, 2.24) is 5.32 Å². The van der Waals surface area contributed by atoms with Gasteiger partial charge in [-0.05, 0) is 103 Å². The quantitative estimate of drug-likeness (QED) is 0.0244. The van der Waals surface area contributed by atoms with Gasteiger partial charge in [-0.2, -0.15) is 0 Å². The number of phosphoric ester groups is 1. The summed E-state index contributed by atoms with van der Waals surface area (Å²) in [6.45, 7) is 4.61. The molecule has 64 heavy (non-hydrogen) atoms. The largest absolute Gasteiger partial charge is 0.472 e. The minimum absolute atomic E-state index is 0.0392. The predicted octanol–water partition coefficient (Wildman–Crippen LogP) is 14.6. The monoisotopic (exact) mass is 910 g/mol. The number of quaternary nitrogens is 1. The molecule has 0 radical (unpaired) electrons. The van der Waals surface area contributed by atoms with Crippen molar-refractivity contribution in [3.63, 3.8) is 0 Å². The van der Waals surface area contributed by atoms with Gasteiger partial charge in [0.1, 0.15) is 13.2 Å². The number of allylic oxidation sites excluding steroid dienone is 19. The Labute approximate surface area is 393 Å². The molecule has 9 heteroatoms. The summed E-state index contributed by atoms with van der Waals surface area (Å²) in [7, 11) is 1.50. The van der Waals surface area contributed by atoms with Crippen molar-refractivity contribution >= 4 is 13.7 Å². The number of amides is 1. The molecule has 0 aliphatic heterocycles. The van der Waals surface area contributed by atoms with Gasteiger partial charge in [-0.25, -0.2) is 4.57 Å². The van der Waals surface area contributed by atoms with Crippen molar-refractivity contribution in [3.05, 3.63) is 122 Å². The van der Waals surface area contributed by atoms with Gasteiger partial charge in [0, 0.05) is 6.42 Å². The molecule has 0 saturated carbocycles. The smallest absolute Gasteiger partial charge is 0.387 e. The molecule has 1 amide bonds. The zero-order valence-corrected chi connectivity index (χ0v) is 42.1. The van der Waals surface area contributed by atoms with Gasteiger partial charge in [-0.1, -0.05) is 180 Å². The van der Waals surface area contributed by atoms with Crippen LogP contribution in [-0.4, -0.2) is 73.4 Å². The molecule has 0 bridgehead atoms. The molecule has 0 aliphatic rings. The molecular formula is C55H94N2O6P+. The van der Waals surface area contributed by atoms with E-state index < -0.39 is 20.0 Å². The standard InChI is InChI=1S/C55H93N2O6P/c1-6-8-10-12-14-16-18-20-22-24-25-26-27-28-29-30-31-33-35-37-39-41-43-45-47-49-55(59)56-53(52-63-64(60,61)62-51-50-57(3,4)5)54(58)48-46-44-42-40-38-36-34-32-23-21-19-17-15-13-11-9-7-2/h8,10,14,16,20,22-23,25-26,28-29,31-33,37-40,46,48,53-54,58H,6-7,9,11-13,15,17-19,21,24,27,30,34-36,41-45,47,49-52H2,1-5H3,(H-,56,59,60,61)/p+1/b10-8-,16-14-,22-20-,26-25-,29-28-,32-23+,33-31-,39-37-,40-38+,48-46+. The van der Waals surface area contributed by atoms with Crippen LogP contribution in [0.4, 0.5) is 0 Å². The van der Waals surface area contributed by atoms with Crippen LogP contribution in [0.2, 0.25) is 0 Å². The highest BCUT2D eigenvalue weighted by Gasteiger charge is 2.27.